The number of aromatic nitrogens is 1. The summed E-state index contributed by atoms with van der Waals surface area (Å²) in [7, 11) is 1.92. The Balaban J connectivity index is 2.34. The minimum absolute atomic E-state index is 0.966. The van der Waals surface area contributed by atoms with Gasteiger partial charge in [0, 0.05) is 29.0 Å². The van der Waals surface area contributed by atoms with Gasteiger partial charge < -0.3 is 5.32 Å². The van der Waals surface area contributed by atoms with Crippen LogP contribution < -0.4 is 5.32 Å². The van der Waals surface area contributed by atoms with E-state index in [4.69, 9.17) is 0 Å². The van der Waals surface area contributed by atoms with E-state index in [2.05, 4.69) is 45.3 Å². The molecule has 1 aromatic carbocycles. The van der Waals surface area contributed by atoms with Crippen molar-refractivity contribution in [3.63, 3.8) is 0 Å². The lowest BCUT2D eigenvalue weighted by molar-refractivity contribution is 1.26. The number of pyridine rings is 1. The van der Waals surface area contributed by atoms with Crippen molar-refractivity contribution in [2.75, 3.05) is 12.4 Å². The molecule has 0 aliphatic carbocycles. The highest BCUT2D eigenvalue weighted by Gasteiger charge is 2.01. The average molecular weight is 303 g/mol. The number of benzene rings is 1. The topological polar surface area (TPSA) is 24.9 Å². The van der Waals surface area contributed by atoms with Crippen molar-refractivity contribution in [1.82, 2.24) is 4.98 Å². The average Bonchev–Trinajstić information content (AvgIpc) is 2.37. The van der Waals surface area contributed by atoms with Crippen molar-refractivity contribution >= 4 is 33.8 Å². The Bertz CT molecular complexity index is 576. The first-order chi connectivity index (χ1) is 8.70. The molecule has 92 valence electrons. The molecule has 0 aliphatic rings. The van der Waals surface area contributed by atoms with Crippen molar-refractivity contribution in [2.24, 2.45) is 0 Å². The number of halogens is 1. The van der Waals surface area contributed by atoms with E-state index < -0.39 is 0 Å². The smallest absolute Gasteiger partial charge is 0.0632 e. The summed E-state index contributed by atoms with van der Waals surface area (Å²) in [4.78, 5) is 4.32. The maximum atomic E-state index is 4.32. The first-order valence-electron chi connectivity index (χ1n) is 5.77. The molecule has 2 aromatic rings. The van der Waals surface area contributed by atoms with E-state index in [0.29, 0.717) is 0 Å². The lowest BCUT2D eigenvalue weighted by Crippen LogP contribution is -1.91. The van der Waals surface area contributed by atoms with Crippen LogP contribution in [0, 0.1) is 6.92 Å². The number of hydrogen-bond acceptors (Lipinski definition) is 2. The third-order valence-electron chi connectivity index (χ3n) is 2.68. The summed E-state index contributed by atoms with van der Waals surface area (Å²) >= 11 is 3.56. The molecule has 0 spiro atoms. The second-order valence-corrected chi connectivity index (χ2v) is 4.90. The summed E-state index contributed by atoms with van der Waals surface area (Å²) in [6, 6.07) is 10.2. The molecule has 0 bridgehead atoms. The van der Waals surface area contributed by atoms with Crippen LogP contribution in [0.4, 0.5) is 5.69 Å². The third kappa shape index (κ3) is 2.99. The normalized spacial score (nSPS) is 10.8. The molecule has 1 heterocycles. The van der Waals surface area contributed by atoms with E-state index in [1.807, 2.05) is 43.6 Å². The van der Waals surface area contributed by atoms with Crippen LogP contribution in [0.1, 0.15) is 16.8 Å². The molecule has 2 rings (SSSR count). The molecule has 3 heteroatoms. The largest absolute Gasteiger partial charge is 0.388 e. The summed E-state index contributed by atoms with van der Waals surface area (Å²) in [6.07, 6.45) is 5.92. The molecule has 0 amide bonds. The van der Waals surface area contributed by atoms with E-state index in [0.717, 1.165) is 21.4 Å². The lowest BCUT2D eigenvalue weighted by atomic mass is 10.1. The van der Waals surface area contributed by atoms with Crippen molar-refractivity contribution in [2.45, 2.75) is 6.92 Å². The molecule has 0 saturated heterocycles. The van der Waals surface area contributed by atoms with Crippen LogP contribution in [-0.4, -0.2) is 12.0 Å². The highest BCUT2D eigenvalue weighted by Crippen LogP contribution is 2.26. The quantitative estimate of drug-likeness (QED) is 0.911. The second kappa shape index (κ2) is 5.83. The zero-order valence-electron chi connectivity index (χ0n) is 10.4. The molecule has 18 heavy (non-hydrogen) atoms. The standard InChI is InChI=1S/C15H15BrN2/c1-11-8-9-18-12(10-11)6-7-13-14(16)4-3-5-15(13)17-2/h3-10,17H,1-2H3/b7-6+. The van der Waals surface area contributed by atoms with Gasteiger partial charge in [-0.15, -0.1) is 0 Å². The van der Waals surface area contributed by atoms with E-state index in [1.165, 1.54) is 5.56 Å². The molecule has 0 saturated carbocycles. The molecule has 0 unspecified atom stereocenters. The number of nitrogens with one attached hydrogen (secondary N) is 1. The second-order valence-electron chi connectivity index (χ2n) is 4.04. The first-order valence-corrected chi connectivity index (χ1v) is 6.57. The number of nitrogens with zero attached hydrogens (tertiary/aromatic N) is 1. The summed E-state index contributed by atoms with van der Waals surface area (Å²) in [5.74, 6) is 0. The zero-order chi connectivity index (χ0) is 13.0. The lowest BCUT2D eigenvalue weighted by Gasteiger charge is -2.07. The Kier molecular flexibility index (Phi) is 4.15. The number of hydrogen-bond donors (Lipinski definition) is 1. The van der Waals surface area contributed by atoms with Gasteiger partial charge in [0.1, 0.15) is 0 Å². The zero-order valence-corrected chi connectivity index (χ0v) is 12.0. The van der Waals surface area contributed by atoms with Gasteiger partial charge in [-0.2, -0.15) is 0 Å². The fraction of sp³-hybridized carbons (Fsp3) is 0.133. The van der Waals surface area contributed by atoms with Gasteiger partial charge in [0.2, 0.25) is 0 Å². The van der Waals surface area contributed by atoms with E-state index in [-0.39, 0.29) is 0 Å². The van der Waals surface area contributed by atoms with Crippen molar-refractivity contribution in [3.05, 3.63) is 57.8 Å². The molecule has 0 aliphatic heterocycles. The van der Waals surface area contributed by atoms with Gasteiger partial charge in [0.05, 0.1) is 5.69 Å². The van der Waals surface area contributed by atoms with Crippen LogP contribution in [0.3, 0.4) is 0 Å². The van der Waals surface area contributed by atoms with Crippen LogP contribution in [0.5, 0.6) is 0 Å². The van der Waals surface area contributed by atoms with Gasteiger partial charge >= 0.3 is 0 Å². The van der Waals surface area contributed by atoms with Crippen LogP contribution in [0.2, 0.25) is 0 Å². The molecule has 0 radical (unpaired) electrons. The van der Waals surface area contributed by atoms with Crippen LogP contribution in [0.15, 0.2) is 41.0 Å². The van der Waals surface area contributed by atoms with Gasteiger partial charge in [-0.1, -0.05) is 22.0 Å². The van der Waals surface area contributed by atoms with E-state index in [9.17, 15) is 0 Å². The predicted octanol–water partition coefficient (Wildman–Crippen LogP) is 4.36. The van der Waals surface area contributed by atoms with Gasteiger partial charge in [-0.3, -0.25) is 4.98 Å². The highest BCUT2D eigenvalue weighted by molar-refractivity contribution is 9.10. The monoisotopic (exact) mass is 302 g/mol. The highest BCUT2D eigenvalue weighted by atomic mass is 79.9. The van der Waals surface area contributed by atoms with Gasteiger partial charge in [0.15, 0.2) is 0 Å². The van der Waals surface area contributed by atoms with E-state index in [1.54, 1.807) is 0 Å². The van der Waals surface area contributed by atoms with Gasteiger partial charge in [-0.05, 0) is 48.9 Å². The molecule has 0 atom stereocenters. The molecule has 2 nitrogen and oxygen atoms in total. The maximum Gasteiger partial charge on any atom is 0.0632 e. The van der Waals surface area contributed by atoms with Crippen LogP contribution in [-0.2, 0) is 0 Å². The van der Waals surface area contributed by atoms with E-state index >= 15 is 0 Å². The first kappa shape index (κ1) is 12.8. The fourth-order valence-electron chi connectivity index (χ4n) is 1.74. The Morgan fingerprint density at radius 2 is 2.06 bits per heavy atom. The van der Waals surface area contributed by atoms with Crippen LogP contribution in [0.25, 0.3) is 12.2 Å². The third-order valence-corrected chi connectivity index (χ3v) is 3.37. The van der Waals surface area contributed by atoms with Crippen molar-refractivity contribution in [3.8, 4) is 0 Å². The minimum atomic E-state index is 0.966. The molecule has 1 aromatic heterocycles. The fourth-order valence-corrected chi connectivity index (χ4v) is 2.24. The Morgan fingerprint density at radius 3 is 2.78 bits per heavy atom. The number of rotatable bonds is 3. The van der Waals surface area contributed by atoms with Gasteiger partial charge in [-0.25, -0.2) is 0 Å². The summed E-state index contributed by atoms with van der Waals surface area (Å²) < 4.78 is 1.07. The number of aryl methyl sites for hydroxylation is 1. The maximum absolute atomic E-state index is 4.32. The Labute approximate surface area is 116 Å². The SMILES string of the molecule is CNc1cccc(Br)c1/C=C/c1cc(C)ccn1. The summed E-state index contributed by atoms with van der Waals surface area (Å²) in [6.45, 7) is 2.07. The Hall–Kier alpha value is -1.61. The van der Waals surface area contributed by atoms with Crippen molar-refractivity contribution in [1.29, 1.82) is 0 Å². The predicted molar refractivity (Wildman–Crippen MR) is 81.6 cm³/mol. The summed E-state index contributed by atoms with van der Waals surface area (Å²) in [5, 5.41) is 3.18. The molecular weight excluding hydrogens is 288 g/mol. The van der Waals surface area contributed by atoms with Crippen LogP contribution >= 0.6 is 15.9 Å². The molecule has 1 N–H and O–H groups in total. The molecule has 0 fully saturated rings. The van der Waals surface area contributed by atoms with Gasteiger partial charge in [0.25, 0.3) is 0 Å². The molecular formula is C15H15BrN2. The van der Waals surface area contributed by atoms with Crippen molar-refractivity contribution < 1.29 is 0 Å². The minimum Gasteiger partial charge on any atom is -0.388 e. The number of anilines is 1. The Morgan fingerprint density at radius 1 is 1.22 bits per heavy atom. The summed E-state index contributed by atoms with van der Waals surface area (Å²) in [5.41, 5.74) is 4.40.